The van der Waals surface area contributed by atoms with Crippen LogP contribution < -0.4 is 10.6 Å². The summed E-state index contributed by atoms with van der Waals surface area (Å²) < 4.78 is 0. The van der Waals surface area contributed by atoms with Gasteiger partial charge < -0.3 is 15.5 Å². The number of nitrogens with zero attached hydrogens (tertiary/aromatic N) is 1. The molecule has 2 amide bonds. The molecule has 1 saturated heterocycles. The highest BCUT2D eigenvalue weighted by Gasteiger charge is 2.23. The third kappa shape index (κ3) is 6.33. The minimum atomic E-state index is -0.0964. The van der Waals surface area contributed by atoms with Crippen LogP contribution in [0.25, 0.3) is 0 Å². The lowest BCUT2D eigenvalue weighted by Gasteiger charge is -2.29. The molecule has 1 aromatic carbocycles. The Morgan fingerprint density at radius 2 is 2.00 bits per heavy atom. The maximum absolute atomic E-state index is 12.5. The van der Waals surface area contributed by atoms with Crippen LogP contribution in [0.15, 0.2) is 24.3 Å². The summed E-state index contributed by atoms with van der Waals surface area (Å²) in [6, 6.07) is 7.40. The summed E-state index contributed by atoms with van der Waals surface area (Å²) in [5, 5.41) is 6.02. The lowest BCUT2D eigenvalue weighted by Crippen LogP contribution is -2.36. The van der Waals surface area contributed by atoms with E-state index in [1.54, 1.807) is 24.1 Å². The van der Waals surface area contributed by atoms with Gasteiger partial charge in [0.25, 0.3) is 5.91 Å². The molecule has 0 radical (unpaired) electrons. The van der Waals surface area contributed by atoms with Gasteiger partial charge in [0, 0.05) is 32.6 Å². The molecule has 0 bridgehead atoms. The van der Waals surface area contributed by atoms with Gasteiger partial charge in [-0.1, -0.05) is 19.1 Å². The van der Waals surface area contributed by atoms with E-state index in [2.05, 4.69) is 17.6 Å². The van der Waals surface area contributed by atoms with E-state index in [4.69, 9.17) is 0 Å². The van der Waals surface area contributed by atoms with E-state index in [0.29, 0.717) is 30.4 Å². The topological polar surface area (TPSA) is 61.4 Å². The third-order valence-electron chi connectivity index (χ3n) is 4.93. The predicted octanol–water partition coefficient (Wildman–Crippen LogP) is 2.45. The third-order valence-corrected chi connectivity index (χ3v) is 4.93. The average molecular weight is 368 g/mol. The molecule has 2 rings (SSSR count). The van der Waals surface area contributed by atoms with Gasteiger partial charge in [-0.05, 0) is 55.5 Å². The first kappa shape index (κ1) is 21.5. The summed E-state index contributed by atoms with van der Waals surface area (Å²) in [5.41, 5.74) is 1.67. The molecular formula is C19H30ClN3O2. The first-order chi connectivity index (χ1) is 11.5. The number of carbonyl (C=O) groups is 2. The van der Waals surface area contributed by atoms with Crippen LogP contribution in [0.3, 0.4) is 0 Å². The number of amides is 2. The van der Waals surface area contributed by atoms with Crippen molar-refractivity contribution in [1.29, 1.82) is 0 Å². The molecule has 140 valence electrons. The van der Waals surface area contributed by atoms with Gasteiger partial charge in [-0.2, -0.15) is 0 Å². The number of carbonyl (C=O) groups excluding carboxylic acids is 2. The highest BCUT2D eigenvalue weighted by molar-refractivity contribution is 5.93. The smallest absolute Gasteiger partial charge is 0.251 e. The molecule has 1 aliphatic rings. The number of nitrogens with one attached hydrogen (secondary N) is 2. The Balaban J connectivity index is 0.00000312. The molecule has 0 spiro atoms. The van der Waals surface area contributed by atoms with Gasteiger partial charge >= 0.3 is 0 Å². The first-order valence-corrected chi connectivity index (χ1v) is 8.77. The number of hydrogen-bond acceptors (Lipinski definition) is 3. The molecule has 2 N–H and O–H groups in total. The van der Waals surface area contributed by atoms with Crippen LogP contribution in [0, 0.1) is 11.8 Å². The molecule has 1 heterocycles. The fourth-order valence-corrected chi connectivity index (χ4v) is 3.23. The van der Waals surface area contributed by atoms with E-state index in [-0.39, 0.29) is 24.2 Å². The van der Waals surface area contributed by atoms with E-state index in [1.165, 1.54) is 12.8 Å². The van der Waals surface area contributed by atoms with Crippen molar-refractivity contribution in [2.75, 3.05) is 27.2 Å². The number of piperidine rings is 1. The standard InChI is InChI=1S/C19H29N3O2.ClH/c1-14(17-5-4-10-21-12-17)11-18(23)22(3)13-15-6-8-16(9-7-15)19(24)20-2;/h6-9,14,17,21H,4-5,10-13H2,1-3H3,(H,20,24);1H. The van der Waals surface area contributed by atoms with Crippen LogP contribution in [0.2, 0.25) is 0 Å². The van der Waals surface area contributed by atoms with Crippen molar-refractivity contribution in [2.45, 2.75) is 32.7 Å². The molecule has 2 atom stereocenters. The van der Waals surface area contributed by atoms with Gasteiger partial charge in [-0.3, -0.25) is 9.59 Å². The largest absolute Gasteiger partial charge is 0.355 e. The summed E-state index contributed by atoms with van der Waals surface area (Å²) in [5.74, 6) is 1.09. The van der Waals surface area contributed by atoms with Crippen LogP contribution in [-0.4, -0.2) is 43.9 Å². The molecule has 0 aliphatic carbocycles. The zero-order chi connectivity index (χ0) is 17.5. The quantitative estimate of drug-likeness (QED) is 0.811. The fourth-order valence-electron chi connectivity index (χ4n) is 3.23. The molecule has 0 aromatic heterocycles. The summed E-state index contributed by atoms with van der Waals surface area (Å²) >= 11 is 0. The molecule has 6 heteroatoms. The Bertz CT molecular complexity index is 556. The monoisotopic (exact) mass is 367 g/mol. The van der Waals surface area contributed by atoms with Crippen molar-refractivity contribution >= 4 is 24.2 Å². The lowest BCUT2D eigenvalue weighted by atomic mass is 9.85. The number of benzene rings is 1. The lowest BCUT2D eigenvalue weighted by molar-refractivity contribution is -0.131. The molecule has 0 saturated carbocycles. The normalized spacial score (nSPS) is 18.0. The average Bonchev–Trinajstić information content (AvgIpc) is 2.62. The van der Waals surface area contributed by atoms with Gasteiger partial charge in [0.15, 0.2) is 0 Å². The van der Waals surface area contributed by atoms with E-state index < -0.39 is 0 Å². The Kier molecular flexibility index (Phi) is 8.93. The zero-order valence-electron chi connectivity index (χ0n) is 15.4. The molecule has 1 fully saturated rings. The molecular weight excluding hydrogens is 338 g/mol. The molecule has 1 aromatic rings. The molecule has 25 heavy (non-hydrogen) atoms. The second-order valence-corrected chi connectivity index (χ2v) is 6.81. The van der Waals surface area contributed by atoms with E-state index in [0.717, 1.165) is 18.7 Å². The maximum Gasteiger partial charge on any atom is 0.251 e. The number of rotatable bonds is 6. The van der Waals surface area contributed by atoms with Crippen molar-refractivity contribution in [3.05, 3.63) is 35.4 Å². The molecule has 2 unspecified atom stereocenters. The minimum Gasteiger partial charge on any atom is -0.355 e. The number of hydrogen-bond donors (Lipinski definition) is 2. The van der Waals surface area contributed by atoms with Gasteiger partial charge in [0.2, 0.25) is 5.91 Å². The molecule has 1 aliphatic heterocycles. The molecule has 5 nitrogen and oxygen atoms in total. The predicted molar refractivity (Wildman–Crippen MR) is 103 cm³/mol. The van der Waals surface area contributed by atoms with Crippen LogP contribution in [-0.2, 0) is 11.3 Å². The van der Waals surface area contributed by atoms with Crippen LogP contribution in [0.4, 0.5) is 0 Å². The summed E-state index contributed by atoms with van der Waals surface area (Å²) in [6.45, 7) is 4.88. The van der Waals surface area contributed by atoms with Crippen molar-refractivity contribution in [3.63, 3.8) is 0 Å². The second-order valence-electron chi connectivity index (χ2n) is 6.81. The minimum absolute atomic E-state index is 0. The zero-order valence-corrected chi connectivity index (χ0v) is 16.2. The van der Waals surface area contributed by atoms with Crippen molar-refractivity contribution in [2.24, 2.45) is 11.8 Å². The SMILES string of the molecule is CNC(=O)c1ccc(CN(C)C(=O)CC(C)C2CCCNC2)cc1.Cl. The Morgan fingerprint density at radius 1 is 1.32 bits per heavy atom. The van der Waals surface area contributed by atoms with Crippen LogP contribution in [0.5, 0.6) is 0 Å². The Hall–Kier alpha value is -1.59. The maximum atomic E-state index is 12.5. The van der Waals surface area contributed by atoms with Gasteiger partial charge in [0.1, 0.15) is 0 Å². The van der Waals surface area contributed by atoms with Gasteiger partial charge in [-0.15, -0.1) is 12.4 Å². The Labute approximate surface area is 157 Å². The van der Waals surface area contributed by atoms with Crippen molar-refractivity contribution in [1.82, 2.24) is 15.5 Å². The van der Waals surface area contributed by atoms with E-state index in [9.17, 15) is 9.59 Å². The van der Waals surface area contributed by atoms with Crippen LogP contribution in [0.1, 0.15) is 42.1 Å². The van der Waals surface area contributed by atoms with Crippen LogP contribution >= 0.6 is 12.4 Å². The van der Waals surface area contributed by atoms with E-state index >= 15 is 0 Å². The number of halogens is 1. The van der Waals surface area contributed by atoms with Crippen molar-refractivity contribution in [3.8, 4) is 0 Å². The Morgan fingerprint density at radius 3 is 2.56 bits per heavy atom. The summed E-state index contributed by atoms with van der Waals surface area (Å²) in [4.78, 5) is 25.8. The van der Waals surface area contributed by atoms with Gasteiger partial charge in [-0.25, -0.2) is 0 Å². The second kappa shape index (κ2) is 10.4. The summed E-state index contributed by atoms with van der Waals surface area (Å²) in [6.07, 6.45) is 3.02. The highest BCUT2D eigenvalue weighted by atomic mass is 35.5. The first-order valence-electron chi connectivity index (χ1n) is 8.77. The van der Waals surface area contributed by atoms with E-state index in [1.807, 2.05) is 19.2 Å². The van der Waals surface area contributed by atoms with Gasteiger partial charge in [0.05, 0.1) is 0 Å². The summed E-state index contributed by atoms with van der Waals surface area (Å²) in [7, 11) is 3.46. The highest BCUT2D eigenvalue weighted by Crippen LogP contribution is 2.23. The van der Waals surface area contributed by atoms with Crippen molar-refractivity contribution < 1.29 is 9.59 Å². The fraction of sp³-hybridized carbons (Fsp3) is 0.579.